The Morgan fingerprint density at radius 3 is 2.51 bits per heavy atom. The molecule has 0 aliphatic carbocycles. The first kappa shape index (κ1) is 27.9. The number of hydrogen-bond acceptors (Lipinski definition) is 6. The Bertz CT molecular complexity index is 1890. The van der Waals surface area contributed by atoms with Crippen molar-refractivity contribution in [2.45, 2.75) is 32.1 Å². The molecule has 11 heteroatoms. The number of hydrogen-bond donors (Lipinski definition) is 1. The normalized spacial score (nSPS) is 14.3. The molecule has 1 saturated heterocycles. The number of pyridine rings is 1. The molecule has 5 aromatic rings. The standard InChI is InChI=1S/C32H23F3N4O4/c33-24-10-18(15-36)4-5-20(24)17-43-31-3-1-2-27(38-31)21-11-25(34)23(26(35)12-21)14-30-37-28-7-6-19(32(40)41)13-29(28)39(30)16-22-8-9-42-22/h1-7,10-13,22H,8-9,14,16-17H2,(H,40,41)/t22-/m0/s1. The highest BCUT2D eigenvalue weighted by Crippen LogP contribution is 2.29. The summed E-state index contributed by atoms with van der Waals surface area (Å²) in [5, 5.41) is 18.3. The van der Waals surface area contributed by atoms with E-state index in [9.17, 15) is 14.3 Å². The molecule has 0 radical (unpaired) electrons. The van der Waals surface area contributed by atoms with Gasteiger partial charge >= 0.3 is 5.97 Å². The summed E-state index contributed by atoms with van der Waals surface area (Å²) in [7, 11) is 0. The largest absolute Gasteiger partial charge is 0.478 e. The molecule has 0 unspecified atom stereocenters. The van der Waals surface area contributed by atoms with E-state index < -0.39 is 23.4 Å². The zero-order chi connectivity index (χ0) is 30.1. The first-order valence-electron chi connectivity index (χ1n) is 13.4. The number of aromatic carboxylic acids is 1. The van der Waals surface area contributed by atoms with E-state index in [1.165, 1.54) is 42.5 Å². The first-order valence-corrected chi connectivity index (χ1v) is 13.4. The second-order valence-corrected chi connectivity index (χ2v) is 10.1. The average Bonchev–Trinajstić information content (AvgIpc) is 3.32. The van der Waals surface area contributed by atoms with Crippen LogP contribution >= 0.6 is 0 Å². The minimum Gasteiger partial charge on any atom is -0.478 e. The van der Waals surface area contributed by atoms with Crippen LogP contribution in [0.5, 0.6) is 5.88 Å². The zero-order valence-corrected chi connectivity index (χ0v) is 22.6. The lowest BCUT2D eigenvalue weighted by atomic mass is 10.0. The van der Waals surface area contributed by atoms with E-state index in [2.05, 4.69) is 9.97 Å². The van der Waals surface area contributed by atoms with Gasteiger partial charge in [0.15, 0.2) is 0 Å². The second kappa shape index (κ2) is 11.6. The predicted octanol–water partition coefficient (Wildman–Crippen LogP) is 6.04. The summed E-state index contributed by atoms with van der Waals surface area (Å²) >= 11 is 0. The maximum absolute atomic E-state index is 15.5. The van der Waals surface area contributed by atoms with Crippen molar-refractivity contribution in [3.8, 4) is 23.2 Å². The zero-order valence-electron chi connectivity index (χ0n) is 22.6. The van der Waals surface area contributed by atoms with Crippen LogP contribution in [0, 0.1) is 28.8 Å². The third-order valence-corrected chi connectivity index (χ3v) is 7.31. The number of fused-ring (bicyclic) bond motifs is 1. The van der Waals surface area contributed by atoms with Gasteiger partial charge in [0, 0.05) is 35.8 Å². The number of aromatic nitrogens is 3. The highest BCUT2D eigenvalue weighted by molar-refractivity contribution is 5.92. The summed E-state index contributed by atoms with van der Waals surface area (Å²) in [6.07, 6.45) is 0.539. The van der Waals surface area contributed by atoms with E-state index in [0.29, 0.717) is 30.0 Å². The van der Waals surface area contributed by atoms with E-state index in [1.807, 2.05) is 6.07 Å². The molecule has 3 aromatic carbocycles. The van der Waals surface area contributed by atoms with E-state index in [4.69, 9.17) is 14.7 Å². The molecule has 216 valence electrons. The number of nitriles is 1. The van der Waals surface area contributed by atoms with Gasteiger partial charge in [0.2, 0.25) is 5.88 Å². The van der Waals surface area contributed by atoms with Gasteiger partial charge in [0.25, 0.3) is 0 Å². The van der Waals surface area contributed by atoms with Crippen LogP contribution < -0.4 is 4.74 Å². The molecule has 0 saturated carbocycles. The van der Waals surface area contributed by atoms with Crippen molar-refractivity contribution in [3.63, 3.8) is 0 Å². The summed E-state index contributed by atoms with van der Waals surface area (Å²) in [5.41, 5.74) is 1.78. The second-order valence-electron chi connectivity index (χ2n) is 10.1. The van der Waals surface area contributed by atoms with Gasteiger partial charge in [-0.3, -0.25) is 0 Å². The summed E-state index contributed by atoms with van der Waals surface area (Å²) in [6, 6.07) is 17.5. The number of imidazole rings is 1. The van der Waals surface area contributed by atoms with Crippen LogP contribution in [0.15, 0.2) is 66.7 Å². The van der Waals surface area contributed by atoms with Gasteiger partial charge < -0.3 is 19.1 Å². The fraction of sp³-hybridized carbons (Fsp3) is 0.188. The molecule has 6 rings (SSSR count). The highest BCUT2D eigenvalue weighted by atomic mass is 19.1. The summed E-state index contributed by atoms with van der Waals surface area (Å²) < 4.78 is 58.0. The number of rotatable bonds is 9. The van der Waals surface area contributed by atoms with Crippen LogP contribution in [0.25, 0.3) is 22.3 Å². The highest BCUT2D eigenvalue weighted by Gasteiger charge is 2.24. The molecule has 0 amide bonds. The molecule has 0 bridgehead atoms. The Labute approximate surface area is 243 Å². The van der Waals surface area contributed by atoms with Crippen molar-refractivity contribution in [1.82, 2.24) is 14.5 Å². The van der Waals surface area contributed by atoms with Crippen LogP contribution in [0.2, 0.25) is 0 Å². The lowest BCUT2D eigenvalue weighted by Gasteiger charge is -2.27. The average molecular weight is 585 g/mol. The SMILES string of the molecule is N#Cc1ccc(COc2cccc(-c3cc(F)c(Cc4nc5ccc(C(=O)O)cc5n4C[C@@H]4CCO4)c(F)c3)n2)c(F)c1. The van der Waals surface area contributed by atoms with Gasteiger partial charge in [-0.25, -0.2) is 27.9 Å². The van der Waals surface area contributed by atoms with Crippen molar-refractivity contribution in [2.75, 3.05) is 6.61 Å². The molecule has 1 aliphatic rings. The Kier molecular flexibility index (Phi) is 7.52. The Morgan fingerprint density at radius 1 is 1.05 bits per heavy atom. The third-order valence-electron chi connectivity index (χ3n) is 7.31. The van der Waals surface area contributed by atoms with Crippen LogP contribution in [-0.4, -0.2) is 38.3 Å². The topological polar surface area (TPSA) is 110 Å². The molecular formula is C32H23F3N4O4. The maximum Gasteiger partial charge on any atom is 0.335 e. The van der Waals surface area contributed by atoms with E-state index in [-0.39, 0.29) is 58.5 Å². The van der Waals surface area contributed by atoms with Gasteiger partial charge in [-0.15, -0.1) is 0 Å². The van der Waals surface area contributed by atoms with Crippen LogP contribution in [-0.2, 0) is 24.3 Å². The van der Waals surface area contributed by atoms with Crippen molar-refractivity contribution in [3.05, 3.63) is 112 Å². The lowest BCUT2D eigenvalue weighted by molar-refractivity contribution is -0.0589. The number of halogens is 3. The fourth-order valence-corrected chi connectivity index (χ4v) is 4.90. The van der Waals surface area contributed by atoms with Crippen LogP contribution in [0.1, 0.15) is 39.3 Å². The van der Waals surface area contributed by atoms with Crippen molar-refractivity contribution in [2.24, 2.45) is 0 Å². The van der Waals surface area contributed by atoms with Crippen LogP contribution in [0.4, 0.5) is 13.2 Å². The smallest absolute Gasteiger partial charge is 0.335 e. The molecule has 1 aliphatic heterocycles. The minimum absolute atomic E-state index is 0.0807. The summed E-state index contributed by atoms with van der Waals surface area (Å²) in [5.74, 6) is -2.78. The first-order chi connectivity index (χ1) is 20.8. The van der Waals surface area contributed by atoms with Gasteiger partial charge in [0.05, 0.1) is 46.6 Å². The third kappa shape index (κ3) is 5.78. The molecule has 1 N–H and O–H groups in total. The Balaban J connectivity index is 1.26. The number of carboxylic acid groups (broad SMARTS) is 1. The lowest BCUT2D eigenvalue weighted by Crippen LogP contribution is -2.31. The van der Waals surface area contributed by atoms with E-state index in [1.54, 1.807) is 22.8 Å². The van der Waals surface area contributed by atoms with Gasteiger partial charge in [-0.1, -0.05) is 12.1 Å². The monoisotopic (exact) mass is 584 g/mol. The molecule has 1 fully saturated rings. The molecule has 43 heavy (non-hydrogen) atoms. The molecule has 2 aromatic heterocycles. The predicted molar refractivity (Wildman–Crippen MR) is 149 cm³/mol. The number of carboxylic acids is 1. The fourth-order valence-electron chi connectivity index (χ4n) is 4.90. The number of benzene rings is 3. The number of carbonyl (C=O) groups is 1. The Morgan fingerprint density at radius 2 is 1.84 bits per heavy atom. The van der Waals surface area contributed by atoms with Gasteiger partial charge in [-0.2, -0.15) is 5.26 Å². The van der Waals surface area contributed by atoms with Gasteiger partial charge in [0.1, 0.15) is 29.9 Å². The quantitative estimate of drug-likeness (QED) is 0.225. The molecular weight excluding hydrogens is 561 g/mol. The number of ether oxygens (including phenoxy) is 2. The number of nitrogens with zero attached hydrogens (tertiary/aromatic N) is 4. The molecule has 1 atom stereocenters. The van der Waals surface area contributed by atoms with Crippen molar-refractivity contribution in [1.29, 1.82) is 5.26 Å². The van der Waals surface area contributed by atoms with Gasteiger partial charge in [-0.05, 0) is 55.0 Å². The maximum atomic E-state index is 15.5. The van der Waals surface area contributed by atoms with Crippen molar-refractivity contribution >= 4 is 17.0 Å². The van der Waals surface area contributed by atoms with E-state index in [0.717, 1.165) is 12.5 Å². The molecule has 8 nitrogen and oxygen atoms in total. The van der Waals surface area contributed by atoms with E-state index >= 15 is 8.78 Å². The molecule has 3 heterocycles. The minimum atomic E-state index is -1.09. The van der Waals surface area contributed by atoms with Crippen LogP contribution in [0.3, 0.4) is 0 Å². The Hall–Kier alpha value is -5.21. The summed E-state index contributed by atoms with van der Waals surface area (Å²) in [6.45, 7) is 0.833. The van der Waals surface area contributed by atoms with Crippen molar-refractivity contribution < 1.29 is 32.5 Å². The molecule has 0 spiro atoms. The summed E-state index contributed by atoms with van der Waals surface area (Å²) in [4.78, 5) is 20.4.